The predicted molar refractivity (Wildman–Crippen MR) is 71.6 cm³/mol. The molecule has 3 rings (SSSR count). The average Bonchev–Trinajstić information content (AvgIpc) is 2.95. The van der Waals surface area contributed by atoms with Crippen molar-refractivity contribution >= 4 is 33.3 Å². The van der Waals surface area contributed by atoms with E-state index in [-0.39, 0.29) is 0 Å². The average molecular weight is 279 g/mol. The number of hydrogen-bond donors (Lipinski definition) is 3. The van der Waals surface area contributed by atoms with Gasteiger partial charge in [0.25, 0.3) is 0 Å². The zero-order valence-electron chi connectivity index (χ0n) is 10.1. The number of aliphatic hydroxyl groups excluding tert-OH is 1. The minimum atomic E-state index is -1.10. The molecule has 2 aromatic rings. The minimum absolute atomic E-state index is 0.479. The fraction of sp³-hybridized carbons (Fsp3) is 0.417. The highest BCUT2D eigenvalue weighted by atomic mass is 32.1. The molecule has 0 saturated carbocycles. The summed E-state index contributed by atoms with van der Waals surface area (Å²) in [5.74, 6) is -0.591. The van der Waals surface area contributed by atoms with Crippen LogP contribution in [0.3, 0.4) is 0 Å². The van der Waals surface area contributed by atoms with Crippen LogP contribution < -0.4 is 5.32 Å². The minimum Gasteiger partial charge on any atom is -0.480 e. The second-order valence-corrected chi connectivity index (χ2v) is 5.56. The van der Waals surface area contributed by atoms with Gasteiger partial charge in [0, 0.05) is 4.88 Å². The molecule has 0 amide bonds. The molecule has 3 N–H and O–H groups in total. The molecule has 100 valence electrons. The molecule has 0 aliphatic heterocycles. The van der Waals surface area contributed by atoms with Gasteiger partial charge in [0.1, 0.15) is 23.0 Å². The summed E-state index contributed by atoms with van der Waals surface area (Å²) in [4.78, 5) is 21.6. The molecule has 0 spiro atoms. The summed E-state index contributed by atoms with van der Waals surface area (Å²) >= 11 is 1.64. The molecule has 19 heavy (non-hydrogen) atoms. The fourth-order valence-corrected chi connectivity index (χ4v) is 3.62. The van der Waals surface area contributed by atoms with E-state index in [9.17, 15) is 4.79 Å². The number of carboxylic acids is 1. The van der Waals surface area contributed by atoms with Gasteiger partial charge in [0.2, 0.25) is 0 Å². The number of nitrogens with one attached hydrogen (secondary N) is 1. The summed E-state index contributed by atoms with van der Waals surface area (Å²) in [5.41, 5.74) is 1.23. The van der Waals surface area contributed by atoms with Crippen molar-refractivity contribution in [2.45, 2.75) is 25.3 Å². The number of aromatic nitrogens is 2. The first-order valence-corrected chi connectivity index (χ1v) is 6.88. The van der Waals surface area contributed by atoms with Gasteiger partial charge in [0.15, 0.2) is 0 Å². The van der Waals surface area contributed by atoms with E-state index in [1.165, 1.54) is 16.8 Å². The highest BCUT2D eigenvalue weighted by molar-refractivity contribution is 7.19. The number of anilines is 1. The third-order valence-corrected chi connectivity index (χ3v) is 4.49. The van der Waals surface area contributed by atoms with Crippen LogP contribution in [0.2, 0.25) is 0 Å². The first-order valence-electron chi connectivity index (χ1n) is 6.06. The molecule has 0 fully saturated rings. The van der Waals surface area contributed by atoms with E-state index >= 15 is 0 Å². The molecule has 0 saturated heterocycles. The van der Waals surface area contributed by atoms with Gasteiger partial charge in [0.05, 0.1) is 12.0 Å². The summed E-state index contributed by atoms with van der Waals surface area (Å²) in [5, 5.41) is 21.8. The molecule has 1 atom stereocenters. The first kappa shape index (κ1) is 12.3. The highest BCUT2D eigenvalue weighted by Gasteiger charge is 2.23. The molecule has 2 aromatic heterocycles. The molecule has 6 nitrogen and oxygen atoms in total. The SMILES string of the molecule is O=C(O)[C@@H](CO)Nc1ncnc2sc3c(c12)CCC3. The Bertz CT molecular complexity index is 640. The predicted octanol–water partition coefficient (Wildman–Crippen LogP) is 1.04. The number of nitrogens with zero attached hydrogens (tertiary/aromatic N) is 2. The maximum absolute atomic E-state index is 11.0. The van der Waals surface area contributed by atoms with Crippen molar-refractivity contribution in [2.75, 3.05) is 11.9 Å². The number of fused-ring (bicyclic) bond motifs is 3. The van der Waals surface area contributed by atoms with Crippen LogP contribution in [0, 0.1) is 0 Å². The van der Waals surface area contributed by atoms with Gasteiger partial charge in [-0.05, 0) is 24.8 Å². The third-order valence-electron chi connectivity index (χ3n) is 3.29. The van der Waals surface area contributed by atoms with E-state index in [1.54, 1.807) is 11.3 Å². The second kappa shape index (κ2) is 4.75. The van der Waals surface area contributed by atoms with E-state index < -0.39 is 18.6 Å². The second-order valence-electron chi connectivity index (χ2n) is 4.48. The lowest BCUT2D eigenvalue weighted by atomic mass is 10.2. The lowest BCUT2D eigenvalue weighted by Gasteiger charge is -2.13. The highest BCUT2D eigenvalue weighted by Crippen LogP contribution is 2.39. The van der Waals surface area contributed by atoms with Gasteiger partial charge >= 0.3 is 5.97 Å². The quantitative estimate of drug-likeness (QED) is 0.774. The largest absolute Gasteiger partial charge is 0.480 e. The molecular weight excluding hydrogens is 266 g/mol. The van der Waals surface area contributed by atoms with Gasteiger partial charge in [-0.1, -0.05) is 0 Å². The Kier molecular flexibility index (Phi) is 3.08. The van der Waals surface area contributed by atoms with Gasteiger partial charge in [-0.15, -0.1) is 11.3 Å². The number of hydrogen-bond acceptors (Lipinski definition) is 6. The van der Waals surface area contributed by atoms with Crippen LogP contribution in [0.4, 0.5) is 5.82 Å². The van der Waals surface area contributed by atoms with Crippen LogP contribution in [0.5, 0.6) is 0 Å². The van der Waals surface area contributed by atoms with Crippen LogP contribution >= 0.6 is 11.3 Å². The Hall–Kier alpha value is -1.73. The van der Waals surface area contributed by atoms with Crippen LogP contribution in [-0.2, 0) is 17.6 Å². The monoisotopic (exact) mass is 279 g/mol. The van der Waals surface area contributed by atoms with E-state index in [1.807, 2.05) is 0 Å². The standard InChI is InChI=1S/C12H13N3O3S/c16-4-7(12(17)18)15-10-9-6-2-1-3-8(6)19-11(9)14-5-13-10/h5,7,16H,1-4H2,(H,17,18)(H,13,14,15)/t7-/m1/s1. The van der Waals surface area contributed by atoms with Gasteiger partial charge < -0.3 is 15.5 Å². The molecular formula is C12H13N3O3S. The number of aliphatic carboxylic acids is 1. The molecule has 0 bridgehead atoms. The molecule has 0 aromatic carbocycles. The van der Waals surface area contributed by atoms with Crippen molar-refractivity contribution < 1.29 is 15.0 Å². The number of carbonyl (C=O) groups is 1. The molecule has 0 unspecified atom stereocenters. The van der Waals surface area contributed by atoms with Gasteiger partial charge in [-0.25, -0.2) is 14.8 Å². The van der Waals surface area contributed by atoms with Gasteiger partial charge in [-0.3, -0.25) is 0 Å². The van der Waals surface area contributed by atoms with Crippen molar-refractivity contribution in [1.82, 2.24) is 9.97 Å². The van der Waals surface area contributed by atoms with Crippen molar-refractivity contribution in [2.24, 2.45) is 0 Å². The summed E-state index contributed by atoms with van der Waals surface area (Å²) in [6.45, 7) is -0.479. The Morgan fingerprint density at radius 3 is 3.05 bits per heavy atom. The topological polar surface area (TPSA) is 95.3 Å². The number of aryl methyl sites for hydroxylation is 2. The summed E-state index contributed by atoms with van der Waals surface area (Å²) < 4.78 is 0. The Morgan fingerprint density at radius 2 is 2.32 bits per heavy atom. The van der Waals surface area contributed by atoms with Gasteiger partial charge in [-0.2, -0.15) is 0 Å². The van der Waals surface area contributed by atoms with Crippen molar-refractivity contribution in [3.05, 3.63) is 16.8 Å². The number of thiophene rings is 1. The molecule has 1 aliphatic carbocycles. The van der Waals surface area contributed by atoms with Crippen LogP contribution in [0.25, 0.3) is 10.2 Å². The van der Waals surface area contributed by atoms with E-state index in [4.69, 9.17) is 10.2 Å². The number of aliphatic hydroxyl groups is 1. The summed E-state index contributed by atoms with van der Waals surface area (Å²) in [7, 11) is 0. The Balaban J connectivity index is 2.06. The smallest absolute Gasteiger partial charge is 0.328 e. The summed E-state index contributed by atoms with van der Waals surface area (Å²) in [6.07, 6.45) is 4.58. The molecule has 7 heteroatoms. The normalized spacial score (nSPS) is 15.4. The molecule has 1 aliphatic rings. The summed E-state index contributed by atoms with van der Waals surface area (Å²) in [6, 6.07) is -1.05. The Labute approximate surface area is 113 Å². The Morgan fingerprint density at radius 1 is 1.47 bits per heavy atom. The van der Waals surface area contributed by atoms with Crippen LogP contribution in [0.1, 0.15) is 16.9 Å². The maximum Gasteiger partial charge on any atom is 0.328 e. The lowest BCUT2D eigenvalue weighted by Crippen LogP contribution is -2.33. The van der Waals surface area contributed by atoms with Crippen LogP contribution in [0.15, 0.2) is 6.33 Å². The fourth-order valence-electron chi connectivity index (χ4n) is 2.39. The number of carboxylic acid groups (broad SMARTS) is 1. The van der Waals surface area contributed by atoms with Crippen molar-refractivity contribution in [3.63, 3.8) is 0 Å². The van der Waals surface area contributed by atoms with E-state index in [2.05, 4.69) is 15.3 Å². The molecule has 0 radical (unpaired) electrons. The van der Waals surface area contributed by atoms with Crippen molar-refractivity contribution in [3.8, 4) is 0 Å². The zero-order chi connectivity index (χ0) is 13.4. The van der Waals surface area contributed by atoms with Crippen LogP contribution in [-0.4, -0.2) is 38.8 Å². The molecule has 2 heterocycles. The first-order chi connectivity index (χ1) is 9.20. The van der Waals surface area contributed by atoms with E-state index in [0.29, 0.717) is 5.82 Å². The zero-order valence-corrected chi connectivity index (χ0v) is 10.9. The van der Waals surface area contributed by atoms with E-state index in [0.717, 1.165) is 29.5 Å². The third kappa shape index (κ3) is 2.04. The number of rotatable bonds is 4. The maximum atomic E-state index is 11.0. The lowest BCUT2D eigenvalue weighted by molar-refractivity contribution is -0.138. The van der Waals surface area contributed by atoms with Crippen molar-refractivity contribution in [1.29, 1.82) is 0 Å².